The molecule has 180 valence electrons. The molecular formula is C28H38O5. The molecule has 2 aromatic carbocycles. The van der Waals surface area contributed by atoms with E-state index < -0.39 is 12.1 Å². The van der Waals surface area contributed by atoms with Crippen molar-refractivity contribution < 1.29 is 24.1 Å². The van der Waals surface area contributed by atoms with Gasteiger partial charge in [0.1, 0.15) is 11.5 Å². The molecule has 0 saturated heterocycles. The van der Waals surface area contributed by atoms with Gasteiger partial charge in [-0.2, -0.15) is 0 Å². The van der Waals surface area contributed by atoms with Gasteiger partial charge in [0.15, 0.2) is 6.10 Å². The smallest absolute Gasteiger partial charge is 0.339 e. The molecule has 0 radical (unpaired) electrons. The normalized spacial score (nSPS) is 15.1. The van der Waals surface area contributed by atoms with Crippen molar-refractivity contribution in [3.63, 3.8) is 0 Å². The van der Waals surface area contributed by atoms with Crippen LogP contribution in [0.15, 0.2) is 42.5 Å². The first-order chi connectivity index (χ1) is 16.1. The summed E-state index contributed by atoms with van der Waals surface area (Å²) in [5.74, 6) is 1.76. The first-order valence-corrected chi connectivity index (χ1v) is 12.5. The third-order valence-corrected chi connectivity index (χ3v) is 6.20. The van der Waals surface area contributed by atoms with Crippen molar-refractivity contribution in [2.24, 2.45) is 0 Å². The largest absolute Gasteiger partial charge is 0.493 e. The lowest BCUT2D eigenvalue weighted by atomic mass is 9.83. The van der Waals surface area contributed by atoms with Crippen LogP contribution in [0.5, 0.6) is 11.5 Å². The summed E-state index contributed by atoms with van der Waals surface area (Å²) in [6, 6.07) is 13.6. The lowest BCUT2D eigenvalue weighted by molar-refractivity contribution is -0.153. The van der Waals surface area contributed by atoms with Crippen molar-refractivity contribution in [1.82, 2.24) is 0 Å². The van der Waals surface area contributed by atoms with E-state index in [1.807, 2.05) is 0 Å². The van der Waals surface area contributed by atoms with Crippen LogP contribution in [0.3, 0.4) is 0 Å². The lowest BCUT2D eigenvalue weighted by Gasteiger charge is -2.23. The zero-order valence-corrected chi connectivity index (χ0v) is 20.1. The Kier molecular flexibility index (Phi) is 10.1. The van der Waals surface area contributed by atoms with Crippen LogP contribution >= 0.6 is 0 Å². The van der Waals surface area contributed by atoms with Crippen LogP contribution in [0.1, 0.15) is 87.5 Å². The Morgan fingerprint density at radius 2 is 1.73 bits per heavy atom. The van der Waals surface area contributed by atoms with Crippen molar-refractivity contribution in [3.8, 4) is 11.5 Å². The van der Waals surface area contributed by atoms with Crippen molar-refractivity contribution in [1.29, 1.82) is 0 Å². The molecule has 0 spiro atoms. The first kappa shape index (κ1) is 25.1. The fourth-order valence-corrected chi connectivity index (χ4v) is 4.43. The van der Waals surface area contributed by atoms with Crippen molar-refractivity contribution in [2.45, 2.75) is 77.2 Å². The summed E-state index contributed by atoms with van der Waals surface area (Å²) >= 11 is 0. The van der Waals surface area contributed by atoms with Crippen molar-refractivity contribution in [3.05, 3.63) is 59.2 Å². The zero-order chi connectivity index (χ0) is 23.5. The number of aryl methyl sites for hydroxylation is 1. The maximum atomic E-state index is 11.6. The van der Waals surface area contributed by atoms with E-state index in [0.717, 1.165) is 25.0 Å². The molecule has 5 heteroatoms. The minimum atomic E-state index is -1.27. The molecule has 33 heavy (non-hydrogen) atoms. The summed E-state index contributed by atoms with van der Waals surface area (Å²) in [5.41, 5.74) is 3.28. The number of carbonyl (C=O) groups excluding carboxylic acids is 1. The molecule has 1 N–H and O–H groups in total. The second-order valence-electron chi connectivity index (χ2n) is 8.73. The number of benzene rings is 2. The Morgan fingerprint density at radius 3 is 2.42 bits per heavy atom. The second-order valence-corrected chi connectivity index (χ2v) is 8.73. The molecule has 0 amide bonds. The number of rotatable bonds is 12. The standard InChI is InChI=1S/C28H38O5/c1-3-9-24-20-23(21-10-6-5-7-11-21)14-17-26(24)33-19-8-18-32-25-15-12-22(13-16-25)27(29)28(30)31-4-2/h12-17,20-21,27,29H,3-11,18-19H2,1-2H3/t27-/m1/s1. The molecule has 1 aliphatic carbocycles. The molecular weight excluding hydrogens is 416 g/mol. The Labute approximate surface area is 198 Å². The summed E-state index contributed by atoms with van der Waals surface area (Å²) in [6.45, 7) is 5.29. The highest BCUT2D eigenvalue weighted by Gasteiger charge is 2.19. The molecule has 3 rings (SSSR count). The number of hydrogen-bond donors (Lipinski definition) is 1. The van der Waals surface area contributed by atoms with E-state index in [4.69, 9.17) is 14.2 Å². The van der Waals surface area contributed by atoms with Gasteiger partial charge in [-0.05, 0) is 67.0 Å². The maximum Gasteiger partial charge on any atom is 0.339 e. The predicted octanol–water partition coefficient (Wildman–Crippen LogP) is 6.13. The number of hydrogen-bond acceptors (Lipinski definition) is 5. The summed E-state index contributed by atoms with van der Waals surface area (Å²) in [7, 11) is 0. The van der Waals surface area contributed by atoms with Gasteiger partial charge in [0.25, 0.3) is 0 Å². The number of aliphatic hydroxyl groups is 1. The number of esters is 1. The highest BCUT2D eigenvalue weighted by molar-refractivity contribution is 5.76. The fraction of sp³-hybridized carbons (Fsp3) is 0.536. The van der Waals surface area contributed by atoms with Gasteiger partial charge in [-0.25, -0.2) is 4.79 Å². The molecule has 0 unspecified atom stereocenters. The van der Waals surface area contributed by atoms with E-state index >= 15 is 0 Å². The molecule has 1 fully saturated rings. The van der Waals surface area contributed by atoms with Gasteiger partial charge in [-0.3, -0.25) is 0 Å². The highest BCUT2D eigenvalue weighted by atomic mass is 16.5. The summed E-state index contributed by atoms with van der Waals surface area (Å²) in [4.78, 5) is 11.6. The number of carbonyl (C=O) groups is 1. The average Bonchev–Trinajstić information content (AvgIpc) is 2.85. The van der Waals surface area contributed by atoms with Gasteiger partial charge >= 0.3 is 5.97 Å². The first-order valence-electron chi connectivity index (χ1n) is 12.5. The minimum Gasteiger partial charge on any atom is -0.493 e. The van der Waals surface area contributed by atoms with Crippen LogP contribution in [-0.4, -0.2) is 30.9 Å². The Balaban J connectivity index is 1.45. The molecule has 0 aliphatic heterocycles. The fourth-order valence-electron chi connectivity index (χ4n) is 4.43. The van der Waals surface area contributed by atoms with Crippen molar-refractivity contribution in [2.75, 3.05) is 19.8 Å². The van der Waals surface area contributed by atoms with E-state index in [2.05, 4.69) is 25.1 Å². The van der Waals surface area contributed by atoms with Crippen LogP contribution in [0.2, 0.25) is 0 Å². The van der Waals surface area contributed by atoms with E-state index in [9.17, 15) is 9.90 Å². The van der Waals surface area contributed by atoms with Crippen LogP contribution in [0.4, 0.5) is 0 Å². The maximum absolute atomic E-state index is 11.6. The molecule has 5 nitrogen and oxygen atoms in total. The SMILES string of the molecule is CCCc1cc(C2CCCCC2)ccc1OCCCOc1ccc([C@@H](O)C(=O)OCC)cc1. The molecule has 0 bridgehead atoms. The van der Waals surface area contributed by atoms with Crippen LogP contribution in [0.25, 0.3) is 0 Å². The monoisotopic (exact) mass is 454 g/mol. The second kappa shape index (κ2) is 13.2. The van der Waals surface area contributed by atoms with Crippen LogP contribution in [0, 0.1) is 0 Å². The van der Waals surface area contributed by atoms with E-state index in [1.165, 1.54) is 43.2 Å². The van der Waals surface area contributed by atoms with Crippen molar-refractivity contribution >= 4 is 5.97 Å². The summed E-state index contributed by atoms with van der Waals surface area (Å²) < 4.78 is 16.7. The third kappa shape index (κ3) is 7.50. The number of ether oxygens (including phenoxy) is 3. The van der Waals surface area contributed by atoms with Gasteiger partial charge < -0.3 is 19.3 Å². The predicted molar refractivity (Wildman–Crippen MR) is 130 cm³/mol. The van der Waals surface area contributed by atoms with Crippen LogP contribution in [-0.2, 0) is 16.0 Å². The molecule has 0 aromatic heterocycles. The van der Waals surface area contributed by atoms with E-state index in [1.54, 1.807) is 31.2 Å². The molecule has 0 heterocycles. The highest BCUT2D eigenvalue weighted by Crippen LogP contribution is 2.35. The van der Waals surface area contributed by atoms with Gasteiger partial charge in [0.2, 0.25) is 0 Å². The van der Waals surface area contributed by atoms with Crippen LogP contribution < -0.4 is 9.47 Å². The van der Waals surface area contributed by atoms with Gasteiger partial charge in [0.05, 0.1) is 19.8 Å². The van der Waals surface area contributed by atoms with Gasteiger partial charge in [-0.15, -0.1) is 0 Å². The Hall–Kier alpha value is -2.53. The van der Waals surface area contributed by atoms with E-state index in [0.29, 0.717) is 30.4 Å². The molecule has 2 aromatic rings. The quantitative estimate of drug-likeness (QED) is 0.309. The lowest BCUT2D eigenvalue weighted by Crippen LogP contribution is -2.15. The number of aliphatic hydroxyl groups excluding tert-OH is 1. The molecule has 1 saturated carbocycles. The summed E-state index contributed by atoms with van der Waals surface area (Å²) in [5, 5.41) is 9.99. The zero-order valence-electron chi connectivity index (χ0n) is 20.1. The Morgan fingerprint density at radius 1 is 1.00 bits per heavy atom. The van der Waals surface area contributed by atoms with Gasteiger partial charge in [0, 0.05) is 6.42 Å². The average molecular weight is 455 g/mol. The summed E-state index contributed by atoms with van der Waals surface area (Å²) in [6.07, 6.45) is 8.34. The van der Waals surface area contributed by atoms with E-state index in [-0.39, 0.29) is 6.61 Å². The minimum absolute atomic E-state index is 0.240. The Bertz CT molecular complexity index is 855. The molecule has 1 atom stereocenters. The topological polar surface area (TPSA) is 65.0 Å². The molecule has 1 aliphatic rings. The van der Waals surface area contributed by atoms with Gasteiger partial charge in [-0.1, -0.05) is 56.9 Å². The third-order valence-electron chi connectivity index (χ3n) is 6.20.